The van der Waals surface area contributed by atoms with Gasteiger partial charge in [-0.25, -0.2) is 9.97 Å². The van der Waals surface area contributed by atoms with Crippen molar-refractivity contribution in [1.82, 2.24) is 19.4 Å². The maximum atomic E-state index is 12.8. The van der Waals surface area contributed by atoms with E-state index in [0.29, 0.717) is 0 Å². The summed E-state index contributed by atoms with van der Waals surface area (Å²) in [4.78, 5) is 27.5. The lowest BCUT2D eigenvalue weighted by Crippen LogP contribution is -2.55. The van der Waals surface area contributed by atoms with Crippen LogP contribution in [0.2, 0.25) is 0 Å². The summed E-state index contributed by atoms with van der Waals surface area (Å²) in [6.45, 7) is 3.09. The fourth-order valence-electron chi connectivity index (χ4n) is 3.79. The van der Waals surface area contributed by atoms with Gasteiger partial charge in [0.25, 0.3) is 0 Å². The first kappa shape index (κ1) is 14.9. The van der Waals surface area contributed by atoms with Crippen LogP contribution in [-0.2, 0) is 24.8 Å². The highest BCUT2D eigenvalue weighted by molar-refractivity contribution is 7.10. The summed E-state index contributed by atoms with van der Waals surface area (Å²) in [7, 11) is 1.98. The van der Waals surface area contributed by atoms with E-state index < -0.39 is 0 Å². The van der Waals surface area contributed by atoms with Gasteiger partial charge in [0.2, 0.25) is 11.9 Å². The molecule has 0 N–H and O–H groups in total. The van der Waals surface area contributed by atoms with Crippen molar-refractivity contribution in [2.75, 3.05) is 24.5 Å². The van der Waals surface area contributed by atoms with E-state index in [-0.39, 0.29) is 11.8 Å². The molecule has 7 heteroatoms. The third-order valence-electron chi connectivity index (χ3n) is 5.24. The minimum absolute atomic E-state index is 0.0768. The second kappa shape index (κ2) is 5.56. The average molecular weight is 353 g/mol. The Labute approximate surface area is 149 Å². The van der Waals surface area contributed by atoms with E-state index in [1.54, 1.807) is 17.5 Å². The van der Waals surface area contributed by atoms with Gasteiger partial charge in [-0.1, -0.05) is 0 Å². The number of imidazole rings is 1. The molecule has 0 atom stereocenters. The van der Waals surface area contributed by atoms with Gasteiger partial charge in [-0.05, 0) is 35.6 Å². The van der Waals surface area contributed by atoms with Crippen molar-refractivity contribution < 1.29 is 4.79 Å². The number of anilines is 1. The quantitative estimate of drug-likeness (QED) is 0.708. The predicted octanol–water partition coefficient (Wildman–Crippen LogP) is 2.05. The zero-order valence-electron chi connectivity index (χ0n) is 14.1. The SMILES string of the molecule is Cn1c(N2CC(C(=O)N3CCc4sccc4C3)C2)nc2cccnc21. The molecule has 6 nitrogen and oxygen atoms in total. The Bertz CT molecular complexity index is 955. The number of nitrogens with zero attached hydrogens (tertiary/aromatic N) is 5. The Morgan fingerprint density at radius 2 is 2.20 bits per heavy atom. The van der Waals surface area contributed by atoms with E-state index in [2.05, 4.69) is 26.3 Å². The number of fused-ring (bicyclic) bond motifs is 2. The van der Waals surface area contributed by atoms with Crippen molar-refractivity contribution in [1.29, 1.82) is 0 Å². The Morgan fingerprint density at radius 3 is 3.04 bits per heavy atom. The smallest absolute Gasteiger partial charge is 0.229 e. The highest BCUT2D eigenvalue weighted by Crippen LogP contribution is 2.30. The van der Waals surface area contributed by atoms with Gasteiger partial charge >= 0.3 is 0 Å². The molecule has 0 aromatic carbocycles. The third kappa shape index (κ3) is 2.33. The van der Waals surface area contributed by atoms with Crippen molar-refractivity contribution >= 4 is 34.4 Å². The monoisotopic (exact) mass is 353 g/mol. The predicted molar refractivity (Wildman–Crippen MR) is 97.7 cm³/mol. The van der Waals surface area contributed by atoms with E-state index in [1.165, 1.54) is 10.4 Å². The average Bonchev–Trinajstić information content (AvgIpc) is 3.18. The lowest BCUT2D eigenvalue weighted by atomic mass is 9.97. The van der Waals surface area contributed by atoms with E-state index in [9.17, 15) is 4.79 Å². The van der Waals surface area contributed by atoms with Crippen LogP contribution in [0.3, 0.4) is 0 Å². The van der Waals surface area contributed by atoms with Gasteiger partial charge < -0.3 is 9.80 Å². The number of carbonyl (C=O) groups is 1. The van der Waals surface area contributed by atoms with Gasteiger partial charge in [0.15, 0.2) is 5.65 Å². The normalized spacial score (nSPS) is 17.6. The molecule has 5 heterocycles. The summed E-state index contributed by atoms with van der Waals surface area (Å²) in [5, 5.41) is 2.13. The lowest BCUT2D eigenvalue weighted by Gasteiger charge is -2.41. The number of aromatic nitrogens is 3. The minimum atomic E-state index is 0.0768. The number of hydrogen-bond donors (Lipinski definition) is 0. The largest absolute Gasteiger partial charge is 0.340 e. The first-order valence-corrected chi connectivity index (χ1v) is 9.45. The van der Waals surface area contributed by atoms with Gasteiger partial charge in [0.1, 0.15) is 5.52 Å². The molecule has 0 unspecified atom stereocenters. The fraction of sp³-hybridized carbons (Fsp3) is 0.389. The standard InChI is InChI=1S/C18H19N5OS/c1-21-16-14(3-2-6-19-16)20-18(21)23-10-13(11-23)17(24)22-7-4-15-12(9-22)5-8-25-15/h2-3,5-6,8,13H,4,7,9-11H2,1H3. The van der Waals surface area contributed by atoms with E-state index in [0.717, 1.165) is 49.7 Å². The zero-order chi connectivity index (χ0) is 17.0. The van der Waals surface area contributed by atoms with Crippen LogP contribution < -0.4 is 4.90 Å². The molecule has 0 radical (unpaired) electrons. The number of hydrogen-bond acceptors (Lipinski definition) is 5. The highest BCUT2D eigenvalue weighted by atomic mass is 32.1. The van der Waals surface area contributed by atoms with E-state index >= 15 is 0 Å². The number of aryl methyl sites for hydroxylation is 1. The Kier molecular flexibility index (Phi) is 3.31. The van der Waals surface area contributed by atoms with Crippen LogP contribution >= 0.6 is 11.3 Å². The molecule has 25 heavy (non-hydrogen) atoms. The number of carbonyl (C=O) groups excluding carboxylic acids is 1. The molecule has 3 aromatic rings. The molecule has 0 bridgehead atoms. The molecule has 128 valence electrons. The molecule has 1 fully saturated rings. The molecule has 1 saturated heterocycles. The molecular formula is C18H19N5OS. The maximum absolute atomic E-state index is 12.8. The summed E-state index contributed by atoms with van der Waals surface area (Å²) in [5.74, 6) is 1.26. The molecule has 2 aliphatic rings. The Hall–Kier alpha value is -2.41. The van der Waals surface area contributed by atoms with Crippen LogP contribution in [0.5, 0.6) is 0 Å². The van der Waals surface area contributed by atoms with Crippen LogP contribution in [0.1, 0.15) is 10.4 Å². The van der Waals surface area contributed by atoms with Crippen molar-refractivity contribution in [2.45, 2.75) is 13.0 Å². The van der Waals surface area contributed by atoms with Crippen LogP contribution in [0.25, 0.3) is 11.2 Å². The van der Waals surface area contributed by atoms with Crippen LogP contribution in [0.15, 0.2) is 29.8 Å². The molecule has 1 amide bonds. The molecule has 0 saturated carbocycles. The van der Waals surface area contributed by atoms with Crippen LogP contribution in [0.4, 0.5) is 5.95 Å². The number of pyridine rings is 1. The second-order valence-corrected chi connectivity index (χ2v) is 7.80. The lowest BCUT2D eigenvalue weighted by molar-refractivity contribution is -0.137. The summed E-state index contributed by atoms with van der Waals surface area (Å²) in [6, 6.07) is 6.02. The van der Waals surface area contributed by atoms with Crippen LogP contribution in [-0.4, -0.2) is 45.0 Å². The molecule has 5 rings (SSSR count). The summed E-state index contributed by atoms with van der Waals surface area (Å²) in [6.07, 6.45) is 2.77. The molecule has 3 aromatic heterocycles. The molecule has 0 aliphatic carbocycles. The van der Waals surface area contributed by atoms with Crippen molar-refractivity contribution in [3.8, 4) is 0 Å². The topological polar surface area (TPSA) is 54.3 Å². The zero-order valence-corrected chi connectivity index (χ0v) is 14.9. The molecular weight excluding hydrogens is 334 g/mol. The van der Waals surface area contributed by atoms with Gasteiger partial charge in [-0.3, -0.25) is 9.36 Å². The molecule has 2 aliphatic heterocycles. The fourth-order valence-corrected chi connectivity index (χ4v) is 4.68. The Balaban J connectivity index is 1.28. The van der Waals surface area contributed by atoms with Gasteiger partial charge in [0, 0.05) is 44.3 Å². The van der Waals surface area contributed by atoms with Gasteiger partial charge in [0.05, 0.1) is 5.92 Å². The number of amides is 1. The van der Waals surface area contributed by atoms with Crippen molar-refractivity contribution in [3.05, 3.63) is 40.2 Å². The first-order chi connectivity index (χ1) is 12.2. The maximum Gasteiger partial charge on any atom is 0.229 e. The summed E-state index contributed by atoms with van der Waals surface area (Å²) in [5.41, 5.74) is 3.10. The minimum Gasteiger partial charge on any atom is -0.340 e. The Morgan fingerprint density at radius 1 is 1.32 bits per heavy atom. The van der Waals surface area contributed by atoms with Gasteiger partial charge in [-0.2, -0.15) is 0 Å². The highest BCUT2D eigenvalue weighted by Gasteiger charge is 2.38. The number of rotatable bonds is 2. The first-order valence-electron chi connectivity index (χ1n) is 8.57. The summed E-state index contributed by atoms with van der Waals surface area (Å²) < 4.78 is 2.01. The van der Waals surface area contributed by atoms with E-state index in [4.69, 9.17) is 0 Å². The van der Waals surface area contributed by atoms with Crippen molar-refractivity contribution in [3.63, 3.8) is 0 Å². The molecule has 0 spiro atoms. The van der Waals surface area contributed by atoms with Gasteiger partial charge in [-0.15, -0.1) is 11.3 Å². The summed E-state index contributed by atoms with van der Waals surface area (Å²) >= 11 is 1.81. The van der Waals surface area contributed by atoms with E-state index in [1.807, 2.05) is 28.6 Å². The second-order valence-electron chi connectivity index (χ2n) is 6.80. The number of thiophene rings is 1. The van der Waals surface area contributed by atoms with Crippen LogP contribution in [0, 0.1) is 5.92 Å². The third-order valence-corrected chi connectivity index (χ3v) is 6.26. The van der Waals surface area contributed by atoms with Crippen molar-refractivity contribution in [2.24, 2.45) is 13.0 Å².